The number of thioether (sulfide) groups is 1. The van der Waals surface area contributed by atoms with Gasteiger partial charge in [0.1, 0.15) is 30.0 Å². The number of benzene rings is 2. The average Bonchev–Trinajstić information content (AvgIpc) is 2.97. The molecule has 2 aromatic rings. The second-order valence-electron chi connectivity index (χ2n) is 5.96. The molecule has 1 saturated heterocycles. The number of nitriles is 1. The highest BCUT2D eigenvalue weighted by molar-refractivity contribution is 8.18. The predicted molar refractivity (Wildman–Crippen MR) is 105 cm³/mol. The lowest BCUT2D eigenvalue weighted by molar-refractivity contribution is -0.127. The first-order valence-electron chi connectivity index (χ1n) is 8.47. The van der Waals surface area contributed by atoms with Crippen LogP contribution in [0, 0.1) is 23.0 Å². The molecule has 1 fully saturated rings. The van der Waals surface area contributed by atoms with Crippen molar-refractivity contribution in [2.75, 3.05) is 18.5 Å². The van der Waals surface area contributed by atoms with Crippen molar-refractivity contribution >= 4 is 40.6 Å². The van der Waals surface area contributed by atoms with Gasteiger partial charge in [-0.05, 0) is 47.7 Å². The number of ether oxygens (including phenoxy) is 1. The molecule has 0 aliphatic carbocycles. The molecular formula is C20H13F2N3O4S. The van der Waals surface area contributed by atoms with Crippen LogP contribution in [0.2, 0.25) is 0 Å². The molecule has 0 unspecified atom stereocenters. The lowest BCUT2D eigenvalue weighted by Gasteiger charge is -2.12. The standard InChI is InChI=1S/C20H13F2N3O4S/c21-13-3-6-16(15(22)10-13)24-18(26)11-25-19(27)17(30-20(25)28)9-12-1-4-14(5-2-12)29-8-7-23/h1-6,9-10H,8,11H2,(H,24,26)/b17-9-. The number of halogens is 2. The van der Waals surface area contributed by atoms with Gasteiger partial charge < -0.3 is 10.1 Å². The van der Waals surface area contributed by atoms with Crippen molar-refractivity contribution in [3.63, 3.8) is 0 Å². The van der Waals surface area contributed by atoms with E-state index in [9.17, 15) is 23.2 Å². The molecule has 1 aliphatic heterocycles. The highest BCUT2D eigenvalue weighted by atomic mass is 32.2. The van der Waals surface area contributed by atoms with Crippen LogP contribution in [0.5, 0.6) is 5.75 Å². The highest BCUT2D eigenvalue weighted by Gasteiger charge is 2.36. The summed E-state index contributed by atoms with van der Waals surface area (Å²) in [6, 6.07) is 11.0. The number of carbonyl (C=O) groups is 3. The van der Waals surface area contributed by atoms with Gasteiger partial charge >= 0.3 is 0 Å². The number of hydrogen-bond donors (Lipinski definition) is 1. The quantitative estimate of drug-likeness (QED) is 0.705. The predicted octanol–water partition coefficient (Wildman–Crippen LogP) is 3.54. The summed E-state index contributed by atoms with van der Waals surface area (Å²) in [7, 11) is 0. The second-order valence-corrected chi connectivity index (χ2v) is 6.95. The first-order valence-corrected chi connectivity index (χ1v) is 9.29. The molecule has 7 nitrogen and oxygen atoms in total. The monoisotopic (exact) mass is 429 g/mol. The summed E-state index contributed by atoms with van der Waals surface area (Å²) in [4.78, 5) is 37.6. The van der Waals surface area contributed by atoms with Gasteiger partial charge in [-0.25, -0.2) is 8.78 Å². The van der Waals surface area contributed by atoms with Crippen LogP contribution in [0.1, 0.15) is 5.56 Å². The SMILES string of the molecule is N#CCOc1ccc(/C=C2\SC(=O)N(CC(=O)Nc3ccc(F)cc3F)C2=O)cc1. The van der Waals surface area contributed by atoms with Crippen LogP contribution in [-0.2, 0) is 9.59 Å². The molecule has 0 aromatic heterocycles. The van der Waals surface area contributed by atoms with E-state index in [2.05, 4.69) is 5.32 Å². The molecule has 152 valence electrons. The third-order valence-electron chi connectivity index (χ3n) is 3.86. The van der Waals surface area contributed by atoms with Gasteiger partial charge in [-0.2, -0.15) is 5.26 Å². The van der Waals surface area contributed by atoms with E-state index in [1.54, 1.807) is 24.3 Å². The Bertz CT molecular complexity index is 1080. The van der Waals surface area contributed by atoms with Crippen LogP contribution < -0.4 is 10.1 Å². The molecule has 0 spiro atoms. The van der Waals surface area contributed by atoms with Crippen LogP contribution in [0.4, 0.5) is 19.3 Å². The summed E-state index contributed by atoms with van der Waals surface area (Å²) in [5.41, 5.74) is 0.352. The minimum atomic E-state index is -0.973. The zero-order chi connectivity index (χ0) is 21.7. The third kappa shape index (κ3) is 5.01. The molecule has 0 saturated carbocycles. The molecule has 3 amide bonds. The van der Waals surface area contributed by atoms with Gasteiger partial charge in [0.2, 0.25) is 5.91 Å². The lowest BCUT2D eigenvalue weighted by Crippen LogP contribution is -2.36. The minimum absolute atomic E-state index is 0.0951. The Morgan fingerprint density at radius 2 is 1.93 bits per heavy atom. The molecule has 0 radical (unpaired) electrons. The maximum atomic E-state index is 13.6. The number of anilines is 1. The van der Waals surface area contributed by atoms with Crippen LogP contribution in [-0.4, -0.2) is 35.1 Å². The van der Waals surface area contributed by atoms with Crippen molar-refractivity contribution in [3.05, 3.63) is 64.6 Å². The number of rotatable bonds is 6. The van der Waals surface area contributed by atoms with Crippen LogP contribution in [0.25, 0.3) is 6.08 Å². The Hall–Kier alpha value is -3.71. The Labute approximate surface area is 173 Å². The van der Waals surface area contributed by atoms with Crippen molar-refractivity contribution in [1.29, 1.82) is 5.26 Å². The number of amides is 3. The largest absolute Gasteiger partial charge is 0.479 e. The Balaban J connectivity index is 1.66. The van der Waals surface area contributed by atoms with Gasteiger partial charge in [0, 0.05) is 6.07 Å². The van der Waals surface area contributed by atoms with Gasteiger partial charge in [0.05, 0.1) is 10.6 Å². The summed E-state index contributed by atoms with van der Waals surface area (Å²) in [6.45, 7) is -0.706. The minimum Gasteiger partial charge on any atom is -0.479 e. The number of nitrogens with one attached hydrogen (secondary N) is 1. The number of carbonyl (C=O) groups excluding carboxylic acids is 3. The van der Waals surface area contributed by atoms with E-state index in [0.717, 1.165) is 17.0 Å². The van der Waals surface area contributed by atoms with E-state index in [1.807, 2.05) is 6.07 Å². The molecule has 30 heavy (non-hydrogen) atoms. The first-order chi connectivity index (χ1) is 14.4. The van der Waals surface area contributed by atoms with Crippen molar-refractivity contribution in [1.82, 2.24) is 4.90 Å². The van der Waals surface area contributed by atoms with Crippen molar-refractivity contribution in [2.45, 2.75) is 0 Å². The molecule has 1 heterocycles. The number of nitrogens with zero attached hydrogens (tertiary/aromatic N) is 2. The van der Waals surface area contributed by atoms with E-state index in [-0.39, 0.29) is 17.2 Å². The highest BCUT2D eigenvalue weighted by Crippen LogP contribution is 2.32. The fourth-order valence-corrected chi connectivity index (χ4v) is 3.33. The molecule has 1 N–H and O–H groups in total. The number of imide groups is 1. The Morgan fingerprint density at radius 1 is 1.20 bits per heavy atom. The van der Waals surface area contributed by atoms with Gasteiger partial charge in [-0.15, -0.1) is 0 Å². The Kier molecular flexibility index (Phi) is 6.44. The normalized spacial score (nSPS) is 14.7. The van der Waals surface area contributed by atoms with E-state index in [1.165, 1.54) is 6.08 Å². The van der Waals surface area contributed by atoms with E-state index >= 15 is 0 Å². The molecular weight excluding hydrogens is 416 g/mol. The van der Waals surface area contributed by atoms with Gasteiger partial charge in [0.15, 0.2) is 6.61 Å². The summed E-state index contributed by atoms with van der Waals surface area (Å²) < 4.78 is 31.7. The Morgan fingerprint density at radius 3 is 2.60 bits per heavy atom. The van der Waals surface area contributed by atoms with Crippen molar-refractivity contribution in [2.24, 2.45) is 0 Å². The molecule has 0 bridgehead atoms. The van der Waals surface area contributed by atoms with Gasteiger partial charge in [0.25, 0.3) is 11.1 Å². The van der Waals surface area contributed by atoms with Crippen LogP contribution in [0.15, 0.2) is 47.4 Å². The zero-order valence-corrected chi connectivity index (χ0v) is 16.0. The molecule has 0 atom stereocenters. The zero-order valence-electron chi connectivity index (χ0n) is 15.2. The lowest BCUT2D eigenvalue weighted by atomic mass is 10.2. The third-order valence-corrected chi connectivity index (χ3v) is 4.77. The van der Waals surface area contributed by atoms with Crippen molar-refractivity contribution < 1.29 is 27.9 Å². The van der Waals surface area contributed by atoms with Gasteiger partial charge in [-0.3, -0.25) is 19.3 Å². The fourth-order valence-electron chi connectivity index (χ4n) is 2.49. The molecule has 3 rings (SSSR count). The fraction of sp³-hybridized carbons (Fsp3) is 0.100. The maximum absolute atomic E-state index is 13.6. The number of hydrogen-bond acceptors (Lipinski definition) is 6. The average molecular weight is 429 g/mol. The first kappa shape index (κ1) is 21.0. The summed E-state index contributed by atoms with van der Waals surface area (Å²) in [6.07, 6.45) is 1.48. The van der Waals surface area contributed by atoms with E-state index < -0.39 is 35.2 Å². The van der Waals surface area contributed by atoms with E-state index in [4.69, 9.17) is 10.00 Å². The summed E-state index contributed by atoms with van der Waals surface area (Å²) in [5, 5.41) is 10.1. The summed E-state index contributed by atoms with van der Waals surface area (Å²) >= 11 is 0.669. The van der Waals surface area contributed by atoms with Crippen LogP contribution in [0.3, 0.4) is 0 Å². The smallest absolute Gasteiger partial charge is 0.294 e. The molecule has 10 heteroatoms. The molecule has 1 aliphatic rings. The topological polar surface area (TPSA) is 99.5 Å². The second kappa shape index (κ2) is 9.19. The van der Waals surface area contributed by atoms with E-state index in [0.29, 0.717) is 29.1 Å². The maximum Gasteiger partial charge on any atom is 0.294 e. The van der Waals surface area contributed by atoms with Crippen LogP contribution >= 0.6 is 11.8 Å². The summed E-state index contributed by atoms with van der Waals surface area (Å²) in [5.74, 6) is -2.76. The van der Waals surface area contributed by atoms with Crippen molar-refractivity contribution in [3.8, 4) is 11.8 Å². The van der Waals surface area contributed by atoms with Gasteiger partial charge in [-0.1, -0.05) is 12.1 Å². The molecule has 2 aromatic carbocycles.